The molecular weight excluding hydrogens is 410 g/mol. The van der Waals surface area contributed by atoms with Gasteiger partial charge in [0.05, 0.1) is 0 Å². The van der Waals surface area contributed by atoms with Gasteiger partial charge < -0.3 is 0 Å². The van der Waals surface area contributed by atoms with Crippen LogP contribution in [0.3, 0.4) is 0 Å². The molecule has 0 fully saturated rings. The fourth-order valence-electron chi connectivity index (χ4n) is 4.69. The van der Waals surface area contributed by atoms with E-state index in [2.05, 4.69) is 93.8 Å². The molecule has 0 saturated heterocycles. The molecular formula is C24H20B5ClS. The first-order chi connectivity index (χ1) is 14.8. The average Bonchev–Trinajstić information content (AvgIpc) is 3.13. The zero-order chi connectivity index (χ0) is 21.9. The summed E-state index contributed by atoms with van der Waals surface area (Å²) in [5.41, 5.74) is 12.1. The fourth-order valence-corrected chi connectivity index (χ4v) is 6.06. The van der Waals surface area contributed by atoms with Crippen LogP contribution in [0.15, 0.2) is 60.7 Å². The molecule has 31 heavy (non-hydrogen) atoms. The highest BCUT2D eigenvalue weighted by Gasteiger charge is 2.13. The molecule has 0 radical (unpaired) electrons. The minimum atomic E-state index is 0.794. The van der Waals surface area contributed by atoms with E-state index in [0.29, 0.717) is 0 Å². The average molecular weight is 430 g/mol. The van der Waals surface area contributed by atoms with E-state index in [4.69, 9.17) is 11.6 Å². The molecule has 1 heterocycles. The van der Waals surface area contributed by atoms with E-state index in [1.165, 1.54) is 69.7 Å². The lowest BCUT2D eigenvalue weighted by Gasteiger charge is -2.20. The number of halogens is 1. The molecule has 5 aromatic rings. The van der Waals surface area contributed by atoms with Crippen LogP contribution in [0.1, 0.15) is 0 Å². The summed E-state index contributed by atoms with van der Waals surface area (Å²) in [6.45, 7) is 0. The van der Waals surface area contributed by atoms with Crippen molar-refractivity contribution in [2.45, 2.75) is 0 Å². The standard InChI is InChI=1S/C24H20B5ClS/c25-20-19(21(26)23(28)24(29)22(20)27)12-3-1-11(2-4-12)13-5-8-17-16(9-13)15-7-6-14(30)10-18(15)31-17/h1-10H,25-29H2. The quantitative estimate of drug-likeness (QED) is 0.327. The van der Waals surface area contributed by atoms with E-state index in [1.54, 1.807) is 11.3 Å². The van der Waals surface area contributed by atoms with E-state index in [1.807, 2.05) is 6.07 Å². The molecule has 0 unspecified atom stereocenters. The Morgan fingerprint density at radius 3 is 1.77 bits per heavy atom. The SMILES string of the molecule is Bc1c(B)c(B)c(-c2ccc(-c3ccc4sc5cc(Cl)ccc5c4c3)cc2)c(B)c1B. The minimum absolute atomic E-state index is 0.794. The molecule has 0 nitrogen and oxygen atoms in total. The van der Waals surface area contributed by atoms with E-state index in [-0.39, 0.29) is 0 Å². The lowest BCUT2D eigenvalue weighted by atomic mass is 9.59. The van der Waals surface area contributed by atoms with Crippen LogP contribution in [0, 0.1) is 0 Å². The van der Waals surface area contributed by atoms with Crippen molar-refractivity contribution >= 4 is 110 Å². The number of rotatable bonds is 2. The third-order valence-corrected chi connectivity index (χ3v) is 8.31. The van der Waals surface area contributed by atoms with Crippen molar-refractivity contribution in [3.05, 3.63) is 65.7 Å². The molecule has 4 aromatic carbocycles. The first-order valence-electron chi connectivity index (χ1n) is 10.6. The molecule has 0 aliphatic heterocycles. The molecule has 0 atom stereocenters. The van der Waals surface area contributed by atoms with Gasteiger partial charge in [-0.3, -0.25) is 0 Å². The number of hydrogen-bond acceptors (Lipinski definition) is 1. The Labute approximate surface area is 197 Å². The normalized spacial score (nSPS) is 11.4. The maximum absolute atomic E-state index is 6.20. The zero-order valence-electron chi connectivity index (χ0n) is 18.6. The van der Waals surface area contributed by atoms with Gasteiger partial charge in [-0.05, 0) is 46.5 Å². The summed E-state index contributed by atoms with van der Waals surface area (Å²) in [7, 11) is 11.2. The smallest absolute Gasteiger partial charge is 0.135 e. The molecule has 0 amide bonds. The second-order valence-corrected chi connectivity index (χ2v) is 10.1. The molecule has 1 aromatic heterocycles. The summed E-state index contributed by atoms with van der Waals surface area (Å²) in [5.74, 6) is 0. The van der Waals surface area contributed by atoms with Crippen LogP contribution in [0.2, 0.25) is 5.02 Å². The summed E-state index contributed by atoms with van der Waals surface area (Å²) < 4.78 is 2.54. The van der Waals surface area contributed by atoms with E-state index < -0.39 is 0 Å². The van der Waals surface area contributed by atoms with Gasteiger partial charge in [-0.1, -0.05) is 58.9 Å². The van der Waals surface area contributed by atoms with Crippen LogP contribution in [-0.4, -0.2) is 39.2 Å². The van der Waals surface area contributed by atoms with E-state index in [9.17, 15) is 0 Å². The summed E-state index contributed by atoms with van der Waals surface area (Å²) in [6.07, 6.45) is 0. The molecule has 0 saturated carbocycles. The second-order valence-electron chi connectivity index (χ2n) is 8.53. The molecule has 144 valence electrons. The van der Waals surface area contributed by atoms with Crippen LogP contribution in [0.25, 0.3) is 42.4 Å². The highest BCUT2D eigenvalue weighted by Crippen LogP contribution is 2.37. The molecule has 0 aliphatic carbocycles. The monoisotopic (exact) mass is 430 g/mol. The molecule has 5 rings (SSSR count). The Balaban J connectivity index is 1.60. The Kier molecular flexibility index (Phi) is 5.11. The van der Waals surface area contributed by atoms with E-state index >= 15 is 0 Å². The van der Waals surface area contributed by atoms with Gasteiger partial charge >= 0.3 is 0 Å². The summed E-state index contributed by atoms with van der Waals surface area (Å²) in [6, 6.07) is 22.0. The number of thiophene rings is 1. The third-order valence-electron chi connectivity index (χ3n) is 6.94. The van der Waals surface area contributed by atoms with E-state index in [0.717, 1.165) is 5.02 Å². The van der Waals surface area contributed by atoms with Gasteiger partial charge in [-0.15, -0.1) is 27.7 Å². The van der Waals surface area contributed by atoms with Crippen molar-refractivity contribution < 1.29 is 0 Å². The highest BCUT2D eigenvalue weighted by molar-refractivity contribution is 7.25. The predicted molar refractivity (Wildman–Crippen MR) is 156 cm³/mol. The van der Waals surface area contributed by atoms with Crippen LogP contribution >= 0.6 is 22.9 Å². The van der Waals surface area contributed by atoms with Gasteiger partial charge in [-0.2, -0.15) is 0 Å². The van der Waals surface area contributed by atoms with Crippen molar-refractivity contribution in [2.24, 2.45) is 0 Å². The number of fused-ring (bicyclic) bond motifs is 3. The minimum Gasteiger partial charge on any atom is -0.135 e. The van der Waals surface area contributed by atoms with Gasteiger partial charge in [0.25, 0.3) is 0 Å². The Morgan fingerprint density at radius 1 is 0.516 bits per heavy atom. The Morgan fingerprint density at radius 2 is 1.10 bits per heavy atom. The van der Waals surface area contributed by atoms with Crippen molar-refractivity contribution in [2.75, 3.05) is 0 Å². The van der Waals surface area contributed by atoms with Crippen LogP contribution in [0.4, 0.5) is 0 Å². The highest BCUT2D eigenvalue weighted by atomic mass is 35.5. The largest absolute Gasteiger partial charge is 0.139 e. The van der Waals surface area contributed by atoms with Crippen molar-refractivity contribution in [3.63, 3.8) is 0 Å². The molecule has 0 N–H and O–H groups in total. The lowest BCUT2D eigenvalue weighted by Crippen LogP contribution is -2.55. The summed E-state index contributed by atoms with van der Waals surface area (Å²) >= 11 is 8.00. The molecule has 0 spiro atoms. The Bertz CT molecular complexity index is 1460. The summed E-state index contributed by atoms with van der Waals surface area (Å²) in [5, 5.41) is 3.37. The predicted octanol–water partition coefficient (Wildman–Crippen LogP) is -0.666. The Hall–Kier alpha value is -2.29. The molecule has 0 aliphatic rings. The number of hydrogen-bond donors (Lipinski definition) is 0. The number of benzene rings is 4. The summed E-state index contributed by atoms with van der Waals surface area (Å²) in [4.78, 5) is 0. The lowest BCUT2D eigenvalue weighted by molar-refractivity contribution is 1.64. The third kappa shape index (κ3) is 3.37. The van der Waals surface area contributed by atoms with Crippen LogP contribution in [-0.2, 0) is 0 Å². The fraction of sp³-hybridized carbons (Fsp3) is 0. The molecule has 7 heteroatoms. The van der Waals surface area contributed by atoms with Gasteiger partial charge in [0.15, 0.2) is 0 Å². The van der Waals surface area contributed by atoms with Crippen molar-refractivity contribution in [1.29, 1.82) is 0 Å². The van der Waals surface area contributed by atoms with Crippen LogP contribution < -0.4 is 27.3 Å². The maximum atomic E-state index is 6.20. The topological polar surface area (TPSA) is 0 Å². The maximum Gasteiger partial charge on any atom is 0.139 e. The second kappa shape index (κ2) is 7.69. The first-order valence-corrected chi connectivity index (χ1v) is 11.8. The van der Waals surface area contributed by atoms with Gasteiger partial charge in [-0.25, -0.2) is 0 Å². The van der Waals surface area contributed by atoms with Gasteiger partial charge in [0.1, 0.15) is 39.2 Å². The van der Waals surface area contributed by atoms with Crippen molar-refractivity contribution in [3.8, 4) is 22.3 Å². The van der Waals surface area contributed by atoms with Crippen LogP contribution in [0.5, 0.6) is 0 Å². The zero-order valence-corrected chi connectivity index (χ0v) is 20.1. The van der Waals surface area contributed by atoms with Gasteiger partial charge in [0, 0.05) is 25.2 Å². The first kappa shape index (κ1) is 20.6. The molecule has 0 bridgehead atoms. The van der Waals surface area contributed by atoms with Crippen molar-refractivity contribution in [1.82, 2.24) is 0 Å². The van der Waals surface area contributed by atoms with Gasteiger partial charge in [0.2, 0.25) is 0 Å².